The van der Waals surface area contributed by atoms with Crippen molar-refractivity contribution in [1.29, 1.82) is 0 Å². The first-order valence-corrected chi connectivity index (χ1v) is 8.58. The van der Waals surface area contributed by atoms with E-state index in [-0.39, 0.29) is 5.91 Å². The molecule has 2 heterocycles. The van der Waals surface area contributed by atoms with Crippen LogP contribution in [0.25, 0.3) is 0 Å². The number of anilines is 1. The lowest BCUT2D eigenvalue weighted by Gasteiger charge is -2.32. The van der Waals surface area contributed by atoms with Gasteiger partial charge in [-0.1, -0.05) is 12.1 Å². The molecule has 1 aromatic rings. The Morgan fingerprint density at radius 2 is 1.90 bits per heavy atom. The van der Waals surface area contributed by atoms with E-state index < -0.39 is 0 Å². The summed E-state index contributed by atoms with van der Waals surface area (Å²) in [6.07, 6.45) is 4.67. The Kier molecular flexibility index (Phi) is 4.63. The van der Waals surface area contributed by atoms with Crippen molar-refractivity contribution in [3.63, 3.8) is 0 Å². The lowest BCUT2D eigenvalue weighted by atomic mass is 10.1. The molecule has 108 valence electrons. The number of amides is 1. The van der Waals surface area contributed by atoms with Crippen molar-refractivity contribution in [2.24, 2.45) is 0 Å². The average molecular weight is 290 g/mol. The van der Waals surface area contributed by atoms with Crippen LogP contribution in [-0.2, 0) is 4.79 Å². The third kappa shape index (κ3) is 3.18. The maximum Gasteiger partial charge on any atom is 0.228 e. The lowest BCUT2D eigenvalue weighted by molar-refractivity contribution is -0.122. The van der Waals surface area contributed by atoms with Crippen molar-refractivity contribution in [2.75, 3.05) is 36.8 Å². The topological polar surface area (TPSA) is 23.6 Å². The van der Waals surface area contributed by atoms with Gasteiger partial charge in [-0.15, -0.1) is 11.8 Å². The van der Waals surface area contributed by atoms with Gasteiger partial charge in [-0.3, -0.25) is 4.79 Å². The number of carbonyl (C=O) groups excluding carboxylic acids is 1. The van der Waals surface area contributed by atoms with Gasteiger partial charge in [0.2, 0.25) is 5.91 Å². The fourth-order valence-electron chi connectivity index (χ4n) is 2.85. The molecule has 0 N–H and O–H groups in total. The summed E-state index contributed by atoms with van der Waals surface area (Å²) in [5, 5.41) is 0. The molecule has 4 heteroatoms. The second-order valence-corrected chi connectivity index (χ2v) is 6.65. The second kappa shape index (κ2) is 6.64. The number of rotatable bonds is 6. The van der Waals surface area contributed by atoms with Crippen molar-refractivity contribution >= 4 is 23.4 Å². The van der Waals surface area contributed by atoms with Crippen LogP contribution in [0.5, 0.6) is 0 Å². The molecule has 1 amide bonds. The van der Waals surface area contributed by atoms with Crippen LogP contribution in [0.2, 0.25) is 0 Å². The van der Waals surface area contributed by atoms with Crippen LogP contribution in [-0.4, -0.2) is 42.7 Å². The maximum atomic E-state index is 11.6. The van der Waals surface area contributed by atoms with Crippen LogP contribution in [0.1, 0.15) is 25.7 Å². The maximum absolute atomic E-state index is 11.6. The molecule has 3 rings (SSSR count). The molecular formula is C16H22N2OS. The highest BCUT2D eigenvalue weighted by Crippen LogP contribution is 2.33. The first kappa shape index (κ1) is 14.0. The normalized spacial score (nSPS) is 19.4. The monoisotopic (exact) mass is 290 g/mol. The second-order valence-electron chi connectivity index (χ2n) is 5.51. The standard InChI is InChI=1S/C16H22N2OS/c19-16-8-12-18(16)14-6-1-2-7-15(14)20-13-5-11-17-9-3-4-10-17/h1-2,6-7H,3-5,8-13H2. The third-order valence-electron chi connectivity index (χ3n) is 4.08. The molecule has 2 aliphatic rings. The highest BCUT2D eigenvalue weighted by atomic mass is 32.2. The summed E-state index contributed by atoms with van der Waals surface area (Å²) in [5.74, 6) is 1.39. The molecule has 0 saturated carbocycles. The van der Waals surface area contributed by atoms with E-state index in [4.69, 9.17) is 0 Å². The van der Waals surface area contributed by atoms with E-state index in [1.807, 2.05) is 22.7 Å². The number of likely N-dealkylation sites (tertiary alicyclic amines) is 1. The number of benzene rings is 1. The Hall–Kier alpha value is -1.00. The minimum Gasteiger partial charge on any atom is -0.311 e. The highest BCUT2D eigenvalue weighted by Gasteiger charge is 2.26. The first-order valence-electron chi connectivity index (χ1n) is 7.59. The van der Waals surface area contributed by atoms with Gasteiger partial charge in [-0.2, -0.15) is 0 Å². The van der Waals surface area contributed by atoms with Gasteiger partial charge in [0, 0.05) is 17.9 Å². The van der Waals surface area contributed by atoms with Gasteiger partial charge in [0.15, 0.2) is 0 Å². The van der Waals surface area contributed by atoms with Crippen LogP contribution < -0.4 is 4.90 Å². The summed E-state index contributed by atoms with van der Waals surface area (Å²) in [7, 11) is 0. The first-order chi connectivity index (χ1) is 9.84. The summed E-state index contributed by atoms with van der Waals surface area (Å²) >= 11 is 1.89. The van der Waals surface area contributed by atoms with Crippen molar-refractivity contribution in [2.45, 2.75) is 30.6 Å². The van der Waals surface area contributed by atoms with Crippen molar-refractivity contribution < 1.29 is 4.79 Å². The molecule has 0 atom stereocenters. The van der Waals surface area contributed by atoms with Gasteiger partial charge in [0.1, 0.15) is 0 Å². The number of thioether (sulfide) groups is 1. The van der Waals surface area contributed by atoms with E-state index >= 15 is 0 Å². The number of para-hydroxylation sites is 1. The SMILES string of the molecule is O=C1CCN1c1ccccc1SCCCN1CCCC1. The number of hydrogen-bond donors (Lipinski definition) is 0. The molecule has 0 radical (unpaired) electrons. The lowest BCUT2D eigenvalue weighted by Crippen LogP contribution is -2.43. The average Bonchev–Trinajstić information content (AvgIpc) is 2.97. The Morgan fingerprint density at radius 1 is 1.10 bits per heavy atom. The van der Waals surface area contributed by atoms with Gasteiger partial charge in [0.05, 0.1) is 5.69 Å². The van der Waals surface area contributed by atoms with E-state index in [9.17, 15) is 4.79 Å². The molecule has 0 aromatic heterocycles. The van der Waals surface area contributed by atoms with E-state index in [1.165, 1.54) is 43.8 Å². The molecular weight excluding hydrogens is 268 g/mol. The fourth-order valence-corrected chi connectivity index (χ4v) is 3.84. The van der Waals surface area contributed by atoms with E-state index in [1.54, 1.807) is 0 Å². The van der Waals surface area contributed by atoms with Crippen LogP contribution >= 0.6 is 11.8 Å². The van der Waals surface area contributed by atoms with Gasteiger partial charge >= 0.3 is 0 Å². The van der Waals surface area contributed by atoms with Crippen LogP contribution in [0, 0.1) is 0 Å². The minimum absolute atomic E-state index is 0.259. The van der Waals surface area contributed by atoms with Gasteiger partial charge in [0.25, 0.3) is 0 Å². The zero-order chi connectivity index (χ0) is 13.8. The summed E-state index contributed by atoms with van der Waals surface area (Å²) in [6.45, 7) is 4.66. The number of hydrogen-bond acceptors (Lipinski definition) is 3. The largest absolute Gasteiger partial charge is 0.311 e. The van der Waals surface area contributed by atoms with E-state index in [0.717, 1.165) is 18.0 Å². The molecule has 3 nitrogen and oxygen atoms in total. The summed E-state index contributed by atoms with van der Waals surface area (Å²) in [5.41, 5.74) is 1.11. The smallest absolute Gasteiger partial charge is 0.228 e. The summed E-state index contributed by atoms with van der Waals surface area (Å²) in [4.78, 5) is 17.3. The number of carbonyl (C=O) groups is 1. The van der Waals surface area contributed by atoms with E-state index in [0.29, 0.717) is 6.42 Å². The van der Waals surface area contributed by atoms with E-state index in [2.05, 4.69) is 23.1 Å². The Labute approximate surface area is 125 Å². The predicted molar refractivity (Wildman–Crippen MR) is 84.4 cm³/mol. The zero-order valence-electron chi connectivity index (χ0n) is 11.9. The molecule has 2 aliphatic heterocycles. The quantitative estimate of drug-likeness (QED) is 0.457. The van der Waals surface area contributed by atoms with Crippen molar-refractivity contribution in [3.8, 4) is 0 Å². The van der Waals surface area contributed by atoms with Gasteiger partial charge in [-0.25, -0.2) is 0 Å². The highest BCUT2D eigenvalue weighted by molar-refractivity contribution is 7.99. The molecule has 1 aromatic carbocycles. The molecule has 0 bridgehead atoms. The Bertz CT molecular complexity index is 471. The third-order valence-corrected chi connectivity index (χ3v) is 5.23. The van der Waals surface area contributed by atoms with Crippen molar-refractivity contribution in [1.82, 2.24) is 4.90 Å². The molecule has 0 unspecified atom stereocenters. The van der Waals surface area contributed by atoms with Gasteiger partial charge in [-0.05, 0) is 56.8 Å². The van der Waals surface area contributed by atoms with Crippen LogP contribution in [0.4, 0.5) is 5.69 Å². The fraction of sp³-hybridized carbons (Fsp3) is 0.562. The van der Waals surface area contributed by atoms with Crippen molar-refractivity contribution in [3.05, 3.63) is 24.3 Å². The molecule has 2 fully saturated rings. The van der Waals surface area contributed by atoms with Gasteiger partial charge < -0.3 is 9.80 Å². The van der Waals surface area contributed by atoms with Crippen LogP contribution in [0.3, 0.4) is 0 Å². The molecule has 0 spiro atoms. The number of β-lactam (4-membered cyclic amide) rings is 1. The Morgan fingerprint density at radius 3 is 2.60 bits per heavy atom. The predicted octanol–water partition coefficient (Wildman–Crippen LogP) is 3.00. The summed E-state index contributed by atoms with van der Waals surface area (Å²) < 4.78 is 0. The Balaban J connectivity index is 1.50. The zero-order valence-corrected chi connectivity index (χ0v) is 12.7. The molecule has 20 heavy (non-hydrogen) atoms. The molecule has 0 aliphatic carbocycles. The summed E-state index contributed by atoms with van der Waals surface area (Å²) in [6, 6.07) is 8.30. The van der Waals surface area contributed by atoms with Crippen LogP contribution in [0.15, 0.2) is 29.2 Å². The molecule has 2 saturated heterocycles. The minimum atomic E-state index is 0.259. The number of nitrogens with zero attached hydrogens (tertiary/aromatic N) is 2.